The second kappa shape index (κ2) is 10.1. The van der Waals surface area contributed by atoms with Gasteiger partial charge in [-0.2, -0.15) is 4.90 Å². The standard InChI is InChI=1S/C30H33NO6/c1-4-7-18(15-19-11-12-24(32)21-9-6-5-8-20(19)21)10-13-25-26-17(2)14-22-27(23(26)16-37-25)29(34)31(28(22)33)30(35)36-3/h5-6,8-9,11-12,15,22-23,25,27,32H,4,7,10,13-14,16H2,1-3H3/b18-15+/t22-,23+,25-,27-/m1/s1. The summed E-state index contributed by atoms with van der Waals surface area (Å²) >= 11 is 0. The van der Waals surface area contributed by atoms with Crippen LogP contribution in [0.5, 0.6) is 5.75 Å². The molecule has 7 nitrogen and oxygen atoms in total. The second-order valence-electron chi connectivity index (χ2n) is 10.3. The Labute approximate surface area is 216 Å². The van der Waals surface area contributed by atoms with Crippen LogP contribution < -0.4 is 0 Å². The Balaban J connectivity index is 1.37. The molecule has 2 fully saturated rings. The number of allylic oxidation sites excluding steroid dienone is 2. The number of nitrogens with zero attached hydrogens (tertiary/aromatic N) is 1. The van der Waals surface area contributed by atoms with E-state index in [1.165, 1.54) is 12.7 Å². The van der Waals surface area contributed by atoms with Gasteiger partial charge in [-0.05, 0) is 55.2 Å². The first-order chi connectivity index (χ1) is 17.8. The first-order valence-electron chi connectivity index (χ1n) is 13.0. The lowest BCUT2D eigenvalue weighted by atomic mass is 9.70. The largest absolute Gasteiger partial charge is 0.507 e. The van der Waals surface area contributed by atoms with Gasteiger partial charge in [0.2, 0.25) is 11.8 Å². The van der Waals surface area contributed by atoms with Gasteiger partial charge >= 0.3 is 6.09 Å². The number of hydrogen-bond donors (Lipinski definition) is 1. The van der Waals surface area contributed by atoms with Gasteiger partial charge in [0, 0.05) is 11.3 Å². The molecule has 7 heteroatoms. The molecule has 1 aliphatic carbocycles. The summed E-state index contributed by atoms with van der Waals surface area (Å²) < 4.78 is 10.9. The van der Waals surface area contributed by atoms with Crippen molar-refractivity contribution in [2.75, 3.05) is 13.7 Å². The average Bonchev–Trinajstić information content (AvgIpc) is 3.43. The summed E-state index contributed by atoms with van der Waals surface area (Å²) in [7, 11) is 1.18. The molecule has 0 spiro atoms. The molecule has 2 saturated heterocycles. The molecule has 3 amide bonds. The van der Waals surface area contributed by atoms with E-state index in [2.05, 4.69) is 13.0 Å². The molecule has 3 aliphatic rings. The number of carbonyl (C=O) groups excluding carboxylic acids is 3. The summed E-state index contributed by atoms with van der Waals surface area (Å²) in [5.74, 6) is -1.93. The van der Waals surface area contributed by atoms with E-state index in [4.69, 9.17) is 9.47 Å². The zero-order chi connectivity index (χ0) is 26.3. The lowest BCUT2D eigenvalue weighted by Crippen LogP contribution is -2.37. The Morgan fingerprint density at radius 2 is 1.86 bits per heavy atom. The number of phenols is 1. The van der Waals surface area contributed by atoms with E-state index in [1.807, 2.05) is 37.3 Å². The maximum absolute atomic E-state index is 13.1. The van der Waals surface area contributed by atoms with Crippen molar-refractivity contribution in [2.24, 2.45) is 17.8 Å². The number of phenolic OH excluding ortho intramolecular Hbond substituents is 1. The Morgan fingerprint density at radius 1 is 1.11 bits per heavy atom. The zero-order valence-electron chi connectivity index (χ0n) is 21.5. The normalized spacial score (nSPS) is 25.6. The topological polar surface area (TPSA) is 93.1 Å². The number of carbonyl (C=O) groups is 3. The third kappa shape index (κ3) is 4.35. The van der Waals surface area contributed by atoms with Gasteiger partial charge < -0.3 is 14.6 Å². The second-order valence-corrected chi connectivity index (χ2v) is 10.3. The van der Waals surface area contributed by atoms with Crippen LogP contribution in [0.15, 0.2) is 53.1 Å². The van der Waals surface area contributed by atoms with Crippen molar-refractivity contribution in [1.82, 2.24) is 4.90 Å². The van der Waals surface area contributed by atoms with Gasteiger partial charge in [0.05, 0.1) is 31.7 Å². The molecule has 37 heavy (non-hydrogen) atoms. The molecular weight excluding hydrogens is 470 g/mol. The molecule has 5 rings (SSSR count). The van der Waals surface area contributed by atoms with Gasteiger partial charge in [0.25, 0.3) is 0 Å². The molecule has 2 heterocycles. The molecule has 2 aromatic carbocycles. The van der Waals surface area contributed by atoms with Crippen molar-refractivity contribution in [3.05, 3.63) is 58.7 Å². The van der Waals surface area contributed by atoms with Gasteiger partial charge in [0.15, 0.2) is 0 Å². The summed E-state index contributed by atoms with van der Waals surface area (Å²) in [4.78, 5) is 38.7. The van der Waals surface area contributed by atoms with Gasteiger partial charge in [0.1, 0.15) is 5.75 Å². The number of fused-ring (bicyclic) bond motifs is 4. The van der Waals surface area contributed by atoms with Crippen LogP contribution in [0.2, 0.25) is 0 Å². The monoisotopic (exact) mass is 503 g/mol. The zero-order valence-corrected chi connectivity index (χ0v) is 21.5. The third-order valence-corrected chi connectivity index (χ3v) is 8.10. The Bertz CT molecular complexity index is 1320. The molecule has 2 aromatic rings. The Kier molecular flexibility index (Phi) is 6.90. The number of benzene rings is 2. The van der Waals surface area contributed by atoms with Crippen molar-refractivity contribution in [3.8, 4) is 5.75 Å². The van der Waals surface area contributed by atoms with Gasteiger partial charge in [-0.1, -0.05) is 60.9 Å². The number of imide groups is 3. The fraction of sp³-hybridized carbons (Fsp3) is 0.433. The van der Waals surface area contributed by atoms with Crippen LogP contribution >= 0.6 is 0 Å². The number of hydrogen-bond acceptors (Lipinski definition) is 6. The predicted octanol–water partition coefficient (Wildman–Crippen LogP) is 5.61. The summed E-state index contributed by atoms with van der Waals surface area (Å²) in [6.45, 7) is 4.56. The molecule has 0 aromatic heterocycles. The van der Waals surface area contributed by atoms with Crippen LogP contribution in [-0.2, 0) is 19.1 Å². The van der Waals surface area contributed by atoms with Gasteiger partial charge in [-0.25, -0.2) is 4.79 Å². The molecule has 194 valence electrons. The smallest absolute Gasteiger partial charge is 0.423 e. The number of likely N-dealkylation sites (tertiary alicyclic amines) is 1. The first-order valence-corrected chi connectivity index (χ1v) is 13.0. The maximum atomic E-state index is 13.1. The fourth-order valence-electron chi connectivity index (χ4n) is 6.46. The van der Waals surface area contributed by atoms with E-state index in [0.717, 1.165) is 53.2 Å². The van der Waals surface area contributed by atoms with Gasteiger partial charge in [-0.15, -0.1) is 0 Å². The van der Waals surface area contributed by atoms with Crippen LogP contribution in [0.1, 0.15) is 51.5 Å². The SMILES string of the molecule is CCC/C(=C\c1ccc(O)c2ccccc12)CC[C@H]1OC[C@H]2C1=C(C)C[C@H]1C(=O)N(C(=O)OC)C(=O)[C@H]12. The fourth-order valence-corrected chi connectivity index (χ4v) is 6.46. The molecule has 1 N–H and O–H groups in total. The average molecular weight is 504 g/mol. The molecule has 0 radical (unpaired) electrons. The Hall–Kier alpha value is -3.45. The summed E-state index contributed by atoms with van der Waals surface area (Å²) in [5, 5.41) is 12.1. The third-order valence-electron chi connectivity index (χ3n) is 8.10. The van der Waals surface area contributed by atoms with E-state index >= 15 is 0 Å². The van der Waals surface area contributed by atoms with Crippen molar-refractivity contribution in [2.45, 2.75) is 52.1 Å². The van der Waals surface area contributed by atoms with Gasteiger partial charge in [-0.3, -0.25) is 9.59 Å². The summed E-state index contributed by atoms with van der Waals surface area (Å²) in [5.41, 5.74) is 4.60. The molecule has 0 bridgehead atoms. The molecule has 0 saturated carbocycles. The molecule has 0 unspecified atom stereocenters. The van der Waals surface area contributed by atoms with Crippen LogP contribution in [-0.4, -0.2) is 47.7 Å². The lowest BCUT2D eigenvalue weighted by Gasteiger charge is -2.30. The van der Waals surface area contributed by atoms with Crippen LogP contribution in [0.25, 0.3) is 16.8 Å². The number of aromatic hydroxyl groups is 1. The minimum atomic E-state index is -0.907. The van der Waals surface area contributed by atoms with E-state index in [1.54, 1.807) is 6.07 Å². The van der Waals surface area contributed by atoms with Crippen molar-refractivity contribution < 1.29 is 29.0 Å². The number of amides is 3. The quantitative estimate of drug-likeness (QED) is 0.407. The van der Waals surface area contributed by atoms with Crippen LogP contribution in [0.4, 0.5) is 4.79 Å². The number of methoxy groups -OCH3 is 1. The van der Waals surface area contributed by atoms with E-state index in [0.29, 0.717) is 17.9 Å². The number of ether oxygens (including phenoxy) is 2. The lowest BCUT2D eigenvalue weighted by molar-refractivity contribution is -0.137. The number of rotatable bonds is 6. The maximum Gasteiger partial charge on any atom is 0.423 e. The van der Waals surface area contributed by atoms with E-state index < -0.39 is 29.7 Å². The van der Waals surface area contributed by atoms with E-state index in [-0.39, 0.29) is 17.8 Å². The summed E-state index contributed by atoms with van der Waals surface area (Å²) in [6.07, 6.45) is 5.26. The minimum absolute atomic E-state index is 0.113. The van der Waals surface area contributed by atoms with Crippen molar-refractivity contribution >= 4 is 34.8 Å². The molecule has 4 atom stereocenters. The minimum Gasteiger partial charge on any atom is -0.507 e. The van der Waals surface area contributed by atoms with Crippen LogP contribution in [0.3, 0.4) is 0 Å². The highest BCUT2D eigenvalue weighted by atomic mass is 16.5. The Morgan fingerprint density at radius 3 is 2.59 bits per heavy atom. The highest BCUT2D eigenvalue weighted by Gasteiger charge is 2.58. The molecule has 2 aliphatic heterocycles. The first kappa shape index (κ1) is 25.2. The summed E-state index contributed by atoms with van der Waals surface area (Å²) in [6, 6.07) is 11.6. The van der Waals surface area contributed by atoms with E-state index in [9.17, 15) is 19.5 Å². The molecular formula is C30H33NO6. The van der Waals surface area contributed by atoms with Crippen LogP contribution in [0, 0.1) is 17.8 Å². The highest BCUT2D eigenvalue weighted by molar-refractivity contribution is 6.16. The van der Waals surface area contributed by atoms with Crippen molar-refractivity contribution in [1.29, 1.82) is 0 Å². The predicted molar refractivity (Wildman–Crippen MR) is 140 cm³/mol. The van der Waals surface area contributed by atoms with Crippen molar-refractivity contribution in [3.63, 3.8) is 0 Å². The highest BCUT2D eigenvalue weighted by Crippen LogP contribution is 2.49.